The summed E-state index contributed by atoms with van der Waals surface area (Å²) in [4.78, 5) is -1.97. The number of hydrazine groups is 1. The Hall–Kier alpha value is -2.49. The number of hydrogen-bond donors (Lipinski definition) is 4. The van der Waals surface area contributed by atoms with Crippen molar-refractivity contribution in [1.29, 1.82) is 0 Å². The van der Waals surface area contributed by atoms with Gasteiger partial charge in [0.1, 0.15) is 15.5 Å². The first-order valence-electron chi connectivity index (χ1n) is 6.00. The summed E-state index contributed by atoms with van der Waals surface area (Å²) < 4.78 is 96.1. The molecule has 0 spiro atoms. The van der Waals surface area contributed by atoms with Gasteiger partial charge >= 0.3 is 0 Å². The molecule has 0 aliphatic carbocycles. The van der Waals surface area contributed by atoms with Gasteiger partial charge in [0.25, 0.3) is 20.2 Å². The van der Waals surface area contributed by atoms with E-state index in [0.29, 0.717) is 12.1 Å². The molecule has 1 aliphatic rings. The molecule has 0 bridgehead atoms. The van der Waals surface area contributed by atoms with Crippen LogP contribution in [0.25, 0.3) is 5.57 Å². The van der Waals surface area contributed by atoms with Crippen molar-refractivity contribution in [2.45, 2.75) is 9.79 Å². The Morgan fingerprint density at radius 1 is 1.20 bits per heavy atom. The molecule has 0 fully saturated rings. The standard InChI is InChI=1S/C10H10F2N4O7S2/c1-23-5-3-6(24(17,18)19)4(2-7(5)25(20,21)22)8-9(11)14-16(12)15-10(8)13/h2-3,14H,1H3,(H2,13,15)(H,17,18,19)(H,20,21,22). The summed E-state index contributed by atoms with van der Waals surface area (Å²) in [7, 11) is -9.03. The fraction of sp³-hybridized carbons (Fsp3) is 0.100. The van der Waals surface area contributed by atoms with Crippen LogP contribution in [0.3, 0.4) is 0 Å². The van der Waals surface area contributed by atoms with E-state index in [1.165, 1.54) is 5.43 Å². The van der Waals surface area contributed by atoms with E-state index in [4.69, 9.17) is 5.73 Å². The molecule has 11 nitrogen and oxygen atoms in total. The first-order valence-corrected chi connectivity index (χ1v) is 8.88. The van der Waals surface area contributed by atoms with Crippen LogP contribution in [0.5, 0.6) is 5.75 Å². The van der Waals surface area contributed by atoms with Crippen LogP contribution in [0, 0.1) is 0 Å². The summed E-state index contributed by atoms with van der Waals surface area (Å²) >= 11 is 0. The Morgan fingerprint density at radius 2 is 1.76 bits per heavy atom. The highest BCUT2D eigenvalue weighted by Gasteiger charge is 2.31. The Bertz CT molecular complexity index is 1000. The van der Waals surface area contributed by atoms with Gasteiger partial charge in [-0.2, -0.15) is 21.2 Å². The lowest BCUT2D eigenvalue weighted by molar-refractivity contribution is -0.0268. The average molecular weight is 400 g/mol. The minimum absolute atomic E-state index is 0.476. The molecule has 0 radical (unpaired) electrons. The molecule has 1 aliphatic heterocycles. The molecule has 0 atom stereocenters. The van der Waals surface area contributed by atoms with E-state index in [1.807, 2.05) is 0 Å². The molecular formula is C10H10F2N4O7S2. The fourth-order valence-corrected chi connectivity index (χ4v) is 3.34. The Kier molecular flexibility index (Phi) is 4.60. The van der Waals surface area contributed by atoms with Crippen molar-refractivity contribution >= 4 is 31.6 Å². The fourth-order valence-electron chi connectivity index (χ4n) is 1.99. The van der Waals surface area contributed by atoms with Gasteiger partial charge in [0.2, 0.25) is 5.95 Å². The van der Waals surface area contributed by atoms with E-state index in [2.05, 4.69) is 9.84 Å². The van der Waals surface area contributed by atoms with Crippen LogP contribution in [0.1, 0.15) is 5.56 Å². The highest BCUT2D eigenvalue weighted by atomic mass is 32.2. The summed E-state index contributed by atoms with van der Waals surface area (Å²) in [5.74, 6) is -3.08. The van der Waals surface area contributed by atoms with Gasteiger partial charge in [-0.05, 0) is 11.4 Å². The molecule has 1 heterocycles. The zero-order valence-corrected chi connectivity index (χ0v) is 13.8. The average Bonchev–Trinajstić information content (AvgIpc) is 2.43. The number of nitrogens with one attached hydrogen (secondary N) is 1. The van der Waals surface area contributed by atoms with Crippen molar-refractivity contribution in [2.75, 3.05) is 7.11 Å². The summed E-state index contributed by atoms with van der Waals surface area (Å²) in [6.07, 6.45) is 0. The summed E-state index contributed by atoms with van der Waals surface area (Å²) in [6, 6.07) is 0.993. The maximum absolute atomic E-state index is 14.0. The number of benzene rings is 1. The zero-order valence-electron chi connectivity index (χ0n) is 12.1. The summed E-state index contributed by atoms with van der Waals surface area (Å²) in [6.45, 7) is 0. The highest BCUT2D eigenvalue weighted by Crippen LogP contribution is 2.35. The summed E-state index contributed by atoms with van der Waals surface area (Å²) in [5.41, 5.74) is 5.08. The molecular weight excluding hydrogens is 390 g/mol. The van der Waals surface area contributed by atoms with Crippen molar-refractivity contribution in [3.63, 3.8) is 0 Å². The molecule has 2 rings (SSSR count). The number of nitrogens with zero attached hydrogens (tertiary/aromatic N) is 2. The molecule has 0 amide bonds. The van der Waals surface area contributed by atoms with Gasteiger partial charge in [0.15, 0.2) is 5.84 Å². The van der Waals surface area contributed by atoms with Crippen LogP contribution in [0.4, 0.5) is 8.87 Å². The lowest BCUT2D eigenvalue weighted by Gasteiger charge is -2.21. The molecule has 1 aromatic carbocycles. The highest BCUT2D eigenvalue weighted by molar-refractivity contribution is 7.86. The quantitative estimate of drug-likeness (QED) is 0.301. The molecule has 25 heavy (non-hydrogen) atoms. The zero-order chi connectivity index (χ0) is 19.2. The number of rotatable bonds is 4. The lowest BCUT2D eigenvalue weighted by Crippen LogP contribution is -2.35. The van der Waals surface area contributed by atoms with Crippen molar-refractivity contribution in [2.24, 2.45) is 10.8 Å². The van der Waals surface area contributed by atoms with Crippen molar-refractivity contribution in [3.8, 4) is 5.75 Å². The largest absolute Gasteiger partial charge is 0.495 e. The smallest absolute Gasteiger partial charge is 0.298 e. The minimum atomic E-state index is -5.04. The number of methoxy groups -OCH3 is 1. The molecule has 1 aromatic rings. The normalized spacial score (nSPS) is 15.7. The topological polar surface area (TPSA) is 172 Å². The second-order valence-electron chi connectivity index (χ2n) is 4.50. The summed E-state index contributed by atoms with van der Waals surface area (Å²) in [5, 5.41) is 2.36. The molecule has 138 valence electrons. The molecule has 0 saturated heterocycles. The second kappa shape index (κ2) is 6.10. The monoisotopic (exact) mass is 400 g/mol. The first kappa shape index (κ1) is 18.8. The molecule has 0 saturated carbocycles. The van der Waals surface area contributed by atoms with Gasteiger partial charge in [-0.15, -0.1) is 5.10 Å². The third-order valence-electron chi connectivity index (χ3n) is 2.95. The Balaban J connectivity index is 2.94. The van der Waals surface area contributed by atoms with E-state index in [1.54, 1.807) is 0 Å². The van der Waals surface area contributed by atoms with E-state index in [0.717, 1.165) is 7.11 Å². The van der Waals surface area contributed by atoms with Gasteiger partial charge in [0, 0.05) is 11.6 Å². The van der Waals surface area contributed by atoms with Crippen LogP contribution in [0.15, 0.2) is 33.0 Å². The van der Waals surface area contributed by atoms with E-state index in [-0.39, 0.29) is 0 Å². The number of nitrogens with two attached hydrogens (primary N) is 1. The van der Waals surface area contributed by atoms with Crippen LogP contribution >= 0.6 is 0 Å². The molecule has 0 aromatic heterocycles. The van der Waals surface area contributed by atoms with Crippen LogP contribution in [-0.4, -0.2) is 44.2 Å². The van der Waals surface area contributed by atoms with E-state index in [9.17, 15) is 34.8 Å². The minimum Gasteiger partial charge on any atom is -0.495 e. The maximum atomic E-state index is 14.0. The Labute approximate surface area is 139 Å². The van der Waals surface area contributed by atoms with Gasteiger partial charge < -0.3 is 10.5 Å². The van der Waals surface area contributed by atoms with E-state index >= 15 is 0 Å². The third-order valence-corrected chi connectivity index (χ3v) is 4.72. The second-order valence-corrected chi connectivity index (χ2v) is 7.28. The number of amidine groups is 1. The van der Waals surface area contributed by atoms with Gasteiger partial charge in [-0.25, -0.2) is 5.43 Å². The Morgan fingerprint density at radius 3 is 2.20 bits per heavy atom. The predicted molar refractivity (Wildman–Crippen MR) is 78.4 cm³/mol. The SMILES string of the molecule is COc1cc(S(=O)(=O)O)c(C2=C(F)NN(F)N=C2N)cc1S(=O)(=O)O. The van der Waals surface area contributed by atoms with Crippen molar-refractivity contribution in [1.82, 2.24) is 10.8 Å². The van der Waals surface area contributed by atoms with Crippen molar-refractivity contribution in [3.05, 3.63) is 23.6 Å². The predicted octanol–water partition coefficient (Wildman–Crippen LogP) is -0.196. The number of ether oxygens (including phenoxy) is 1. The van der Waals surface area contributed by atoms with Gasteiger partial charge in [-0.1, -0.05) is 4.48 Å². The first-order chi connectivity index (χ1) is 11.4. The van der Waals surface area contributed by atoms with Crippen LogP contribution in [0.2, 0.25) is 0 Å². The van der Waals surface area contributed by atoms with Gasteiger partial charge in [-0.3, -0.25) is 9.11 Å². The van der Waals surface area contributed by atoms with Crippen LogP contribution in [-0.2, 0) is 20.2 Å². The molecule has 5 N–H and O–H groups in total. The van der Waals surface area contributed by atoms with E-state index < -0.39 is 64.0 Å². The number of hydrazone groups is 1. The van der Waals surface area contributed by atoms with Gasteiger partial charge in [0.05, 0.1) is 12.7 Å². The molecule has 0 unspecified atom stereocenters. The third kappa shape index (κ3) is 3.63. The maximum Gasteiger partial charge on any atom is 0.298 e. The number of hydrogen-bond acceptors (Lipinski definition) is 9. The molecule has 15 heteroatoms. The number of halogens is 2. The van der Waals surface area contributed by atoms with Crippen LogP contribution < -0.4 is 15.9 Å². The lowest BCUT2D eigenvalue weighted by atomic mass is 10.0. The van der Waals surface area contributed by atoms with Crippen molar-refractivity contribution < 1.29 is 39.5 Å².